The monoisotopic (exact) mass is 374 g/mol. The van der Waals surface area contributed by atoms with Crippen LogP contribution in [0.2, 0.25) is 0 Å². The Kier molecular flexibility index (Phi) is 4.68. The molecule has 0 unspecified atom stereocenters. The SMILES string of the molecule is Nc1ccc(Oc2cc(Oc3ccc(N)cc3)cc(-c3cccs3)c2)cc1. The first-order valence-electron chi connectivity index (χ1n) is 8.41. The maximum Gasteiger partial charge on any atom is 0.131 e. The highest BCUT2D eigenvalue weighted by atomic mass is 32.1. The molecule has 0 aliphatic heterocycles. The first-order valence-corrected chi connectivity index (χ1v) is 9.29. The van der Waals surface area contributed by atoms with Gasteiger partial charge in [-0.3, -0.25) is 0 Å². The van der Waals surface area contributed by atoms with Gasteiger partial charge in [0.05, 0.1) is 0 Å². The van der Waals surface area contributed by atoms with Crippen molar-refractivity contribution in [2.24, 2.45) is 0 Å². The summed E-state index contributed by atoms with van der Waals surface area (Å²) < 4.78 is 12.0. The molecular weight excluding hydrogens is 356 g/mol. The van der Waals surface area contributed by atoms with Crippen LogP contribution in [0, 0.1) is 0 Å². The maximum atomic E-state index is 6.02. The number of ether oxygens (including phenoxy) is 2. The number of anilines is 2. The smallest absolute Gasteiger partial charge is 0.131 e. The third kappa shape index (κ3) is 4.22. The molecule has 4 N–H and O–H groups in total. The van der Waals surface area contributed by atoms with Crippen LogP contribution < -0.4 is 20.9 Å². The predicted molar refractivity (Wildman–Crippen MR) is 112 cm³/mol. The van der Waals surface area contributed by atoms with Crippen molar-refractivity contribution in [2.45, 2.75) is 0 Å². The van der Waals surface area contributed by atoms with Gasteiger partial charge < -0.3 is 20.9 Å². The number of rotatable bonds is 5. The Morgan fingerprint density at radius 3 is 1.56 bits per heavy atom. The number of hydrogen-bond donors (Lipinski definition) is 2. The van der Waals surface area contributed by atoms with Gasteiger partial charge in [-0.05, 0) is 77.7 Å². The molecule has 3 aromatic carbocycles. The van der Waals surface area contributed by atoms with E-state index >= 15 is 0 Å². The minimum absolute atomic E-state index is 0.691. The molecule has 0 amide bonds. The molecule has 0 spiro atoms. The Morgan fingerprint density at radius 1 is 0.593 bits per heavy atom. The van der Waals surface area contributed by atoms with Crippen molar-refractivity contribution in [3.05, 3.63) is 84.2 Å². The van der Waals surface area contributed by atoms with Crippen LogP contribution in [-0.2, 0) is 0 Å². The van der Waals surface area contributed by atoms with Crippen molar-refractivity contribution in [1.82, 2.24) is 0 Å². The third-order valence-corrected chi connectivity index (χ3v) is 4.84. The van der Waals surface area contributed by atoms with E-state index in [1.807, 2.05) is 78.2 Å². The standard InChI is InChI=1S/C22H18N2O2S/c23-16-3-7-18(8-4-16)25-20-12-15(22-2-1-11-27-22)13-21(14-20)26-19-9-5-17(24)6-10-19/h1-14H,23-24H2. The summed E-state index contributed by atoms with van der Waals surface area (Å²) in [6.45, 7) is 0. The minimum atomic E-state index is 0.691. The summed E-state index contributed by atoms with van der Waals surface area (Å²) in [5.41, 5.74) is 13.9. The molecule has 5 heteroatoms. The molecule has 0 saturated carbocycles. The fourth-order valence-electron chi connectivity index (χ4n) is 2.62. The van der Waals surface area contributed by atoms with Crippen LogP contribution in [0.3, 0.4) is 0 Å². The van der Waals surface area contributed by atoms with E-state index in [0.717, 1.165) is 10.4 Å². The van der Waals surface area contributed by atoms with Crippen molar-refractivity contribution in [3.63, 3.8) is 0 Å². The number of nitrogen functional groups attached to an aromatic ring is 2. The van der Waals surface area contributed by atoms with Crippen LogP contribution in [0.15, 0.2) is 84.2 Å². The molecular formula is C22H18N2O2S. The van der Waals surface area contributed by atoms with E-state index in [-0.39, 0.29) is 0 Å². The van der Waals surface area contributed by atoms with E-state index in [4.69, 9.17) is 20.9 Å². The highest BCUT2D eigenvalue weighted by molar-refractivity contribution is 7.13. The summed E-state index contributed by atoms with van der Waals surface area (Å²) in [4.78, 5) is 1.14. The van der Waals surface area contributed by atoms with Crippen molar-refractivity contribution in [1.29, 1.82) is 0 Å². The lowest BCUT2D eigenvalue weighted by atomic mass is 10.1. The minimum Gasteiger partial charge on any atom is -0.457 e. The molecule has 4 aromatic rings. The number of hydrogen-bond acceptors (Lipinski definition) is 5. The first kappa shape index (κ1) is 17.0. The normalized spacial score (nSPS) is 10.5. The molecule has 0 atom stereocenters. The van der Waals surface area contributed by atoms with E-state index in [0.29, 0.717) is 34.4 Å². The van der Waals surface area contributed by atoms with Gasteiger partial charge in [0.25, 0.3) is 0 Å². The van der Waals surface area contributed by atoms with Crippen LogP contribution in [0.4, 0.5) is 11.4 Å². The molecule has 1 aromatic heterocycles. The largest absolute Gasteiger partial charge is 0.457 e. The average molecular weight is 374 g/mol. The van der Waals surface area contributed by atoms with Gasteiger partial charge in [-0.2, -0.15) is 0 Å². The Bertz CT molecular complexity index is 961. The summed E-state index contributed by atoms with van der Waals surface area (Å²) in [7, 11) is 0. The fraction of sp³-hybridized carbons (Fsp3) is 0. The molecule has 1 heterocycles. The van der Waals surface area contributed by atoms with E-state index in [2.05, 4.69) is 6.07 Å². The van der Waals surface area contributed by atoms with E-state index in [1.165, 1.54) is 0 Å². The predicted octanol–water partition coefficient (Wildman–Crippen LogP) is 6.16. The topological polar surface area (TPSA) is 70.5 Å². The average Bonchev–Trinajstić information content (AvgIpc) is 3.20. The molecule has 0 aliphatic carbocycles. The highest BCUT2D eigenvalue weighted by Crippen LogP contribution is 2.36. The van der Waals surface area contributed by atoms with Gasteiger partial charge in [-0.25, -0.2) is 0 Å². The first-order chi connectivity index (χ1) is 13.2. The quantitative estimate of drug-likeness (QED) is 0.410. The van der Waals surface area contributed by atoms with Crippen LogP contribution in [0.25, 0.3) is 10.4 Å². The molecule has 27 heavy (non-hydrogen) atoms. The van der Waals surface area contributed by atoms with E-state index < -0.39 is 0 Å². The van der Waals surface area contributed by atoms with E-state index in [9.17, 15) is 0 Å². The number of benzene rings is 3. The third-order valence-electron chi connectivity index (χ3n) is 3.92. The van der Waals surface area contributed by atoms with Crippen molar-refractivity contribution >= 4 is 22.7 Å². The van der Waals surface area contributed by atoms with Gasteiger partial charge in [0, 0.05) is 22.3 Å². The number of thiophene rings is 1. The summed E-state index contributed by atoms with van der Waals surface area (Å²) in [6, 6.07) is 24.6. The Morgan fingerprint density at radius 2 is 1.11 bits per heavy atom. The lowest BCUT2D eigenvalue weighted by Gasteiger charge is -2.12. The lowest BCUT2D eigenvalue weighted by Crippen LogP contribution is -1.90. The van der Waals surface area contributed by atoms with Gasteiger partial charge in [0.1, 0.15) is 23.0 Å². The summed E-state index contributed by atoms with van der Waals surface area (Å²) >= 11 is 1.67. The van der Waals surface area contributed by atoms with Gasteiger partial charge in [0.15, 0.2) is 0 Å². The van der Waals surface area contributed by atoms with Crippen LogP contribution in [-0.4, -0.2) is 0 Å². The Balaban J connectivity index is 1.68. The van der Waals surface area contributed by atoms with Gasteiger partial charge in [-0.15, -0.1) is 11.3 Å². The highest BCUT2D eigenvalue weighted by Gasteiger charge is 2.08. The lowest BCUT2D eigenvalue weighted by molar-refractivity contribution is 0.461. The molecule has 0 aliphatic rings. The molecule has 4 rings (SSSR count). The second-order valence-electron chi connectivity index (χ2n) is 6.01. The van der Waals surface area contributed by atoms with Crippen LogP contribution >= 0.6 is 11.3 Å². The zero-order valence-corrected chi connectivity index (χ0v) is 15.3. The zero-order valence-electron chi connectivity index (χ0n) is 14.5. The fourth-order valence-corrected chi connectivity index (χ4v) is 3.33. The zero-order chi connectivity index (χ0) is 18.6. The summed E-state index contributed by atoms with van der Waals surface area (Å²) in [5.74, 6) is 2.81. The van der Waals surface area contributed by atoms with Crippen LogP contribution in [0.5, 0.6) is 23.0 Å². The molecule has 4 nitrogen and oxygen atoms in total. The maximum absolute atomic E-state index is 6.02. The van der Waals surface area contributed by atoms with E-state index in [1.54, 1.807) is 11.3 Å². The number of nitrogens with two attached hydrogens (primary N) is 2. The van der Waals surface area contributed by atoms with Crippen molar-refractivity contribution in [3.8, 4) is 33.4 Å². The van der Waals surface area contributed by atoms with Crippen molar-refractivity contribution in [2.75, 3.05) is 11.5 Å². The van der Waals surface area contributed by atoms with Gasteiger partial charge in [0.2, 0.25) is 0 Å². The van der Waals surface area contributed by atoms with Crippen LogP contribution in [0.1, 0.15) is 0 Å². The molecule has 0 fully saturated rings. The second-order valence-corrected chi connectivity index (χ2v) is 6.96. The molecule has 134 valence electrons. The Hall–Kier alpha value is -3.44. The summed E-state index contributed by atoms with van der Waals surface area (Å²) in [5, 5.41) is 2.04. The van der Waals surface area contributed by atoms with Gasteiger partial charge >= 0.3 is 0 Å². The summed E-state index contributed by atoms with van der Waals surface area (Å²) in [6.07, 6.45) is 0. The van der Waals surface area contributed by atoms with Gasteiger partial charge in [-0.1, -0.05) is 6.07 Å². The molecule has 0 radical (unpaired) electrons. The van der Waals surface area contributed by atoms with Crippen molar-refractivity contribution < 1.29 is 9.47 Å². The Labute approximate surface area is 161 Å². The molecule has 0 saturated heterocycles. The second kappa shape index (κ2) is 7.43. The molecule has 0 bridgehead atoms.